The Balaban J connectivity index is 3.20. The van der Waals surface area contributed by atoms with Crippen molar-refractivity contribution in [2.75, 3.05) is 21.1 Å². The molecular weight excluding hydrogens is 330 g/mol. The molecule has 27 heavy (non-hydrogen) atoms. The average molecular weight is 362 g/mol. The molecule has 0 aliphatic heterocycles. The Morgan fingerprint density at radius 2 is 1.78 bits per heavy atom. The number of hydrogen-bond acceptors (Lipinski definition) is 3. The van der Waals surface area contributed by atoms with Gasteiger partial charge < -0.3 is 4.90 Å². The molecule has 0 aliphatic rings. The number of hydrogen-bond donors (Lipinski definition) is 0. The molecule has 0 saturated carbocycles. The van der Waals surface area contributed by atoms with E-state index < -0.39 is 0 Å². The Kier molecular flexibility index (Phi) is 8.94. The van der Waals surface area contributed by atoms with Crippen LogP contribution in [-0.2, 0) is 0 Å². The lowest BCUT2D eigenvalue weighted by Crippen LogP contribution is -2.02. The zero-order valence-corrected chi connectivity index (χ0v) is 17.5. The highest BCUT2D eigenvalue weighted by Gasteiger charge is 2.05. The SMILES string of the molecule is C=C/C(=C\N(C)C)c1cccc(C(=C)N=CC(=C(C)C)/C(C=NC)=C/C)c1. The first kappa shape index (κ1) is 22.1. The molecule has 0 fully saturated rings. The van der Waals surface area contributed by atoms with Crippen LogP contribution in [0.5, 0.6) is 0 Å². The van der Waals surface area contributed by atoms with Gasteiger partial charge in [-0.3, -0.25) is 9.98 Å². The summed E-state index contributed by atoms with van der Waals surface area (Å²) in [5.74, 6) is 0. The summed E-state index contributed by atoms with van der Waals surface area (Å²) in [6.45, 7) is 14.2. The first-order valence-corrected chi connectivity index (χ1v) is 8.94. The minimum atomic E-state index is 0.716. The summed E-state index contributed by atoms with van der Waals surface area (Å²) in [7, 11) is 5.76. The molecule has 0 saturated heterocycles. The average Bonchev–Trinajstić information content (AvgIpc) is 2.64. The molecule has 0 radical (unpaired) electrons. The van der Waals surface area contributed by atoms with Crippen molar-refractivity contribution in [2.45, 2.75) is 20.8 Å². The monoisotopic (exact) mass is 361 g/mol. The van der Waals surface area contributed by atoms with Crippen molar-refractivity contribution in [2.24, 2.45) is 9.98 Å². The summed E-state index contributed by atoms with van der Waals surface area (Å²) in [5.41, 5.74) is 7.12. The van der Waals surface area contributed by atoms with E-state index in [0.717, 1.165) is 27.8 Å². The summed E-state index contributed by atoms with van der Waals surface area (Å²) in [5, 5.41) is 0. The molecule has 3 nitrogen and oxygen atoms in total. The van der Waals surface area contributed by atoms with Gasteiger partial charge in [-0.15, -0.1) is 0 Å². The third kappa shape index (κ3) is 6.70. The number of allylic oxidation sites excluding steroid dienone is 6. The minimum Gasteiger partial charge on any atom is -0.383 e. The largest absolute Gasteiger partial charge is 0.383 e. The quantitative estimate of drug-likeness (QED) is 0.425. The van der Waals surface area contributed by atoms with E-state index in [1.54, 1.807) is 7.05 Å². The van der Waals surface area contributed by atoms with E-state index in [2.05, 4.69) is 49.1 Å². The van der Waals surface area contributed by atoms with E-state index in [4.69, 9.17) is 0 Å². The highest BCUT2D eigenvalue weighted by atomic mass is 15.0. The molecule has 0 amide bonds. The molecule has 0 unspecified atom stereocenters. The van der Waals surface area contributed by atoms with Gasteiger partial charge in [0, 0.05) is 45.3 Å². The fourth-order valence-electron chi connectivity index (χ4n) is 2.55. The highest BCUT2D eigenvalue weighted by molar-refractivity contribution is 6.00. The topological polar surface area (TPSA) is 28.0 Å². The first-order valence-electron chi connectivity index (χ1n) is 8.94. The van der Waals surface area contributed by atoms with E-state index in [0.29, 0.717) is 5.70 Å². The molecule has 3 heteroatoms. The smallest absolute Gasteiger partial charge is 0.0630 e. The third-order valence-corrected chi connectivity index (χ3v) is 3.92. The summed E-state index contributed by atoms with van der Waals surface area (Å²) in [6.07, 6.45) is 9.65. The van der Waals surface area contributed by atoms with Crippen LogP contribution in [0, 0.1) is 0 Å². The second-order valence-electron chi connectivity index (χ2n) is 6.58. The number of nitrogens with zero attached hydrogens (tertiary/aromatic N) is 3. The predicted molar refractivity (Wildman–Crippen MR) is 122 cm³/mol. The van der Waals surface area contributed by atoms with Crippen LogP contribution in [0.4, 0.5) is 0 Å². The molecule has 1 aromatic rings. The molecule has 1 rings (SSSR count). The highest BCUT2D eigenvalue weighted by Crippen LogP contribution is 2.22. The molecule has 1 aromatic carbocycles. The normalized spacial score (nSPS) is 12.5. The van der Waals surface area contributed by atoms with Crippen molar-refractivity contribution in [1.82, 2.24) is 4.90 Å². The Labute approximate surface area is 164 Å². The standard InChI is InChI=1S/C24H31N3/c1-9-20(15-25-6)24(18(3)4)16-26-19(5)22-12-11-13-23(14-22)21(10-2)17-27(7)8/h9-17H,2,5H2,1,3-4,6-8H3/b20-9+,21-17+,25-15?,26-16?. The van der Waals surface area contributed by atoms with Gasteiger partial charge >= 0.3 is 0 Å². The number of aliphatic imine (C=N–C) groups is 2. The van der Waals surface area contributed by atoms with Gasteiger partial charge in [0.25, 0.3) is 0 Å². The van der Waals surface area contributed by atoms with Crippen LogP contribution in [0.3, 0.4) is 0 Å². The van der Waals surface area contributed by atoms with Crippen LogP contribution in [0.15, 0.2) is 82.5 Å². The summed E-state index contributed by atoms with van der Waals surface area (Å²) < 4.78 is 0. The lowest BCUT2D eigenvalue weighted by molar-refractivity contribution is 0.566. The maximum absolute atomic E-state index is 4.62. The lowest BCUT2D eigenvalue weighted by Gasteiger charge is -2.11. The van der Waals surface area contributed by atoms with Gasteiger partial charge in [-0.25, -0.2) is 0 Å². The molecule has 0 aromatic heterocycles. The van der Waals surface area contributed by atoms with E-state index in [9.17, 15) is 0 Å². The molecule has 142 valence electrons. The number of benzene rings is 1. The van der Waals surface area contributed by atoms with Crippen molar-refractivity contribution in [3.63, 3.8) is 0 Å². The second-order valence-corrected chi connectivity index (χ2v) is 6.58. The summed E-state index contributed by atoms with van der Waals surface area (Å²) in [4.78, 5) is 10.8. The van der Waals surface area contributed by atoms with Crippen molar-refractivity contribution >= 4 is 23.7 Å². The van der Waals surface area contributed by atoms with Gasteiger partial charge in [0.15, 0.2) is 0 Å². The number of rotatable bonds is 8. The van der Waals surface area contributed by atoms with Crippen molar-refractivity contribution in [3.8, 4) is 0 Å². The fourth-order valence-corrected chi connectivity index (χ4v) is 2.55. The summed E-state index contributed by atoms with van der Waals surface area (Å²) in [6, 6.07) is 8.19. The Hall–Kier alpha value is -2.94. The first-order chi connectivity index (χ1) is 12.8. The van der Waals surface area contributed by atoms with Crippen LogP contribution in [0.25, 0.3) is 11.3 Å². The van der Waals surface area contributed by atoms with Gasteiger partial charge in [-0.1, -0.05) is 49.1 Å². The molecule has 0 N–H and O–H groups in total. The zero-order valence-electron chi connectivity index (χ0n) is 17.5. The van der Waals surface area contributed by atoms with Crippen molar-refractivity contribution in [1.29, 1.82) is 0 Å². The zero-order chi connectivity index (χ0) is 20.4. The van der Waals surface area contributed by atoms with E-state index in [-0.39, 0.29) is 0 Å². The maximum Gasteiger partial charge on any atom is 0.0630 e. The van der Waals surface area contributed by atoms with Crippen LogP contribution in [0.1, 0.15) is 31.9 Å². The molecular formula is C24H31N3. The van der Waals surface area contributed by atoms with E-state index in [1.165, 1.54) is 5.57 Å². The molecule has 0 spiro atoms. The van der Waals surface area contributed by atoms with Crippen LogP contribution in [0.2, 0.25) is 0 Å². The molecule has 0 heterocycles. The van der Waals surface area contributed by atoms with Crippen molar-refractivity contribution < 1.29 is 0 Å². The van der Waals surface area contributed by atoms with Crippen LogP contribution >= 0.6 is 0 Å². The van der Waals surface area contributed by atoms with Gasteiger partial charge in [0.1, 0.15) is 0 Å². The Bertz CT molecular complexity index is 827. The lowest BCUT2D eigenvalue weighted by atomic mass is 10.0. The maximum atomic E-state index is 4.62. The van der Waals surface area contributed by atoms with E-state index >= 15 is 0 Å². The van der Waals surface area contributed by atoms with Crippen molar-refractivity contribution in [3.05, 3.63) is 83.6 Å². The Morgan fingerprint density at radius 1 is 1.11 bits per heavy atom. The Morgan fingerprint density at radius 3 is 2.30 bits per heavy atom. The summed E-state index contributed by atoms with van der Waals surface area (Å²) >= 11 is 0. The second kappa shape index (κ2) is 10.9. The molecule has 0 aliphatic carbocycles. The van der Waals surface area contributed by atoms with Gasteiger partial charge in [-0.05, 0) is 49.1 Å². The third-order valence-electron chi connectivity index (χ3n) is 3.92. The molecule has 0 atom stereocenters. The molecule has 0 bridgehead atoms. The minimum absolute atomic E-state index is 0.716. The van der Waals surface area contributed by atoms with Gasteiger partial charge in [-0.2, -0.15) is 0 Å². The van der Waals surface area contributed by atoms with E-state index in [1.807, 2.05) is 68.8 Å². The fraction of sp³-hybridized carbons (Fsp3) is 0.250. The predicted octanol–water partition coefficient (Wildman–Crippen LogP) is 5.80. The van der Waals surface area contributed by atoms with Gasteiger partial charge in [0.05, 0.1) is 5.70 Å². The van der Waals surface area contributed by atoms with Crippen LogP contribution < -0.4 is 0 Å². The van der Waals surface area contributed by atoms with Gasteiger partial charge in [0.2, 0.25) is 0 Å². The van der Waals surface area contributed by atoms with Crippen LogP contribution in [-0.4, -0.2) is 38.5 Å².